The number of thiophene rings is 1. The second-order valence-corrected chi connectivity index (χ2v) is 5.87. The summed E-state index contributed by atoms with van der Waals surface area (Å²) in [6, 6.07) is 11.8. The van der Waals surface area contributed by atoms with Gasteiger partial charge in [0.2, 0.25) is 0 Å². The Morgan fingerprint density at radius 3 is 2.14 bits per heavy atom. The van der Waals surface area contributed by atoms with E-state index in [0.29, 0.717) is 0 Å². The highest BCUT2D eigenvalue weighted by atomic mass is 32.1. The van der Waals surface area contributed by atoms with Crippen molar-refractivity contribution in [3.05, 3.63) is 42.0 Å². The fraction of sp³-hybridized carbons (Fsp3) is 0.176. The molecule has 2 aromatic carbocycles. The summed E-state index contributed by atoms with van der Waals surface area (Å²) in [5.74, 6) is 1.75. The van der Waals surface area contributed by atoms with Gasteiger partial charge < -0.3 is 15.2 Å². The van der Waals surface area contributed by atoms with E-state index in [0.717, 1.165) is 32.8 Å². The Kier molecular flexibility index (Phi) is 3.47. The second kappa shape index (κ2) is 5.30. The lowest BCUT2D eigenvalue weighted by Gasteiger charge is -2.06. The molecule has 0 fully saturated rings. The van der Waals surface area contributed by atoms with Crippen LogP contribution in [-0.4, -0.2) is 14.2 Å². The molecule has 0 atom stereocenters. The number of hydrogen-bond acceptors (Lipinski definition) is 4. The maximum absolute atomic E-state index is 5.77. The minimum atomic E-state index is 0.771. The molecule has 21 heavy (non-hydrogen) atoms. The van der Waals surface area contributed by atoms with Crippen LogP contribution in [0.4, 0.5) is 5.69 Å². The van der Waals surface area contributed by atoms with Gasteiger partial charge in [-0.3, -0.25) is 0 Å². The number of ether oxygens (including phenoxy) is 2. The van der Waals surface area contributed by atoms with Crippen LogP contribution in [0.2, 0.25) is 0 Å². The van der Waals surface area contributed by atoms with Gasteiger partial charge in [0.25, 0.3) is 0 Å². The van der Waals surface area contributed by atoms with Crippen molar-refractivity contribution in [3.8, 4) is 21.9 Å². The summed E-state index contributed by atoms with van der Waals surface area (Å²) in [4.78, 5) is 1.22. The molecule has 4 heteroatoms. The van der Waals surface area contributed by atoms with Crippen LogP contribution in [0.15, 0.2) is 36.4 Å². The van der Waals surface area contributed by atoms with E-state index in [1.165, 1.54) is 10.4 Å². The van der Waals surface area contributed by atoms with Crippen LogP contribution in [0.3, 0.4) is 0 Å². The first-order valence-electron chi connectivity index (χ1n) is 6.65. The quantitative estimate of drug-likeness (QED) is 0.725. The first-order valence-corrected chi connectivity index (χ1v) is 7.47. The van der Waals surface area contributed by atoms with E-state index in [1.54, 1.807) is 25.6 Å². The second-order valence-electron chi connectivity index (χ2n) is 4.85. The molecule has 0 amide bonds. The van der Waals surface area contributed by atoms with E-state index in [-0.39, 0.29) is 0 Å². The molecule has 0 spiro atoms. The largest absolute Gasteiger partial charge is 0.496 e. The highest BCUT2D eigenvalue weighted by Gasteiger charge is 2.17. The number of aryl methyl sites for hydroxylation is 1. The minimum absolute atomic E-state index is 0.771. The van der Waals surface area contributed by atoms with Crippen molar-refractivity contribution >= 4 is 27.1 Å². The Labute approximate surface area is 127 Å². The molecule has 108 valence electrons. The molecule has 1 heterocycles. The first kappa shape index (κ1) is 13.8. The molecule has 2 N–H and O–H groups in total. The summed E-state index contributed by atoms with van der Waals surface area (Å²) in [7, 11) is 3.39. The number of nitrogen functional groups attached to an aromatic ring is 1. The van der Waals surface area contributed by atoms with Crippen molar-refractivity contribution in [2.24, 2.45) is 0 Å². The lowest BCUT2D eigenvalue weighted by atomic mass is 10.1. The zero-order valence-corrected chi connectivity index (χ0v) is 13.1. The van der Waals surface area contributed by atoms with E-state index >= 15 is 0 Å². The fourth-order valence-electron chi connectivity index (χ4n) is 2.53. The van der Waals surface area contributed by atoms with Crippen molar-refractivity contribution in [3.63, 3.8) is 0 Å². The zero-order chi connectivity index (χ0) is 15.0. The molecule has 0 saturated carbocycles. The molecule has 0 aliphatic carbocycles. The Balaban J connectivity index is 2.30. The van der Waals surface area contributed by atoms with Gasteiger partial charge in [0.05, 0.1) is 18.9 Å². The van der Waals surface area contributed by atoms with Gasteiger partial charge in [0.15, 0.2) is 0 Å². The third-order valence-electron chi connectivity index (χ3n) is 3.62. The molecule has 3 nitrogen and oxygen atoms in total. The van der Waals surface area contributed by atoms with E-state index in [1.807, 2.05) is 36.4 Å². The number of hydrogen-bond donors (Lipinski definition) is 1. The Morgan fingerprint density at radius 2 is 1.52 bits per heavy atom. The molecule has 0 saturated heterocycles. The standard InChI is InChI=1S/C17H17NO2S/c1-10-15-13(19-2)8-9-14(20-3)17(15)21-16(10)11-4-6-12(18)7-5-11/h4-9H,18H2,1-3H3. The van der Waals surface area contributed by atoms with Gasteiger partial charge in [-0.15, -0.1) is 11.3 Å². The number of benzene rings is 2. The van der Waals surface area contributed by atoms with Crippen LogP contribution in [0, 0.1) is 6.92 Å². The van der Waals surface area contributed by atoms with Crippen LogP contribution in [0.1, 0.15) is 5.56 Å². The van der Waals surface area contributed by atoms with Gasteiger partial charge in [-0.2, -0.15) is 0 Å². The van der Waals surface area contributed by atoms with Gasteiger partial charge >= 0.3 is 0 Å². The van der Waals surface area contributed by atoms with Crippen molar-refractivity contribution < 1.29 is 9.47 Å². The summed E-state index contributed by atoms with van der Waals surface area (Å²) >= 11 is 1.72. The van der Waals surface area contributed by atoms with Crippen molar-refractivity contribution in [1.82, 2.24) is 0 Å². The molecule has 0 aliphatic rings. The monoisotopic (exact) mass is 299 g/mol. The Hall–Kier alpha value is -2.20. The molecule has 0 bridgehead atoms. The fourth-order valence-corrected chi connectivity index (χ4v) is 3.86. The minimum Gasteiger partial charge on any atom is -0.496 e. The molecule has 0 radical (unpaired) electrons. The third-order valence-corrected chi connectivity index (χ3v) is 4.97. The van der Waals surface area contributed by atoms with Crippen LogP contribution in [0.5, 0.6) is 11.5 Å². The third kappa shape index (κ3) is 2.21. The van der Waals surface area contributed by atoms with Crippen LogP contribution in [-0.2, 0) is 0 Å². The van der Waals surface area contributed by atoms with Gasteiger partial charge in [-0.25, -0.2) is 0 Å². The summed E-state index contributed by atoms with van der Waals surface area (Å²) in [5, 5.41) is 1.12. The number of nitrogens with two attached hydrogens (primary N) is 1. The summed E-state index contributed by atoms with van der Waals surface area (Å²) < 4.78 is 12.1. The average Bonchev–Trinajstić information content (AvgIpc) is 2.85. The topological polar surface area (TPSA) is 44.5 Å². The molecule has 0 aliphatic heterocycles. The van der Waals surface area contributed by atoms with E-state index in [2.05, 4.69) is 6.92 Å². The molecular weight excluding hydrogens is 282 g/mol. The molecular formula is C17H17NO2S. The maximum atomic E-state index is 5.77. The SMILES string of the molecule is COc1ccc(OC)c2c(C)c(-c3ccc(N)cc3)sc12. The van der Waals surface area contributed by atoms with Crippen LogP contribution in [0.25, 0.3) is 20.5 Å². The number of anilines is 1. The van der Waals surface area contributed by atoms with Gasteiger partial charge in [-0.1, -0.05) is 12.1 Å². The lowest BCUT2D eigenvalue weighted by Crippen LogP contribution is -1.87. The number of methoxy groups -OCH3 is 2. The zero-order valence-electron chi connectivity index (χ0n) is 12.3. The summed E-state index contributed by atoms with van der Waals surface area (Å²) in [6.45, 7) is 2.12. The Morgan fingerprint density at radius 1 is 0.905 bits per heavy atom. The molecule has 3 aromatic rings. The summed E-state index contributed by atoms with van der Waals surface area (Å²) in [5.41, 5.74) is 8.91. The van der Waals surface area contributed by atoms with Gasteiger partial charge in [-0.05, 0) is 42.3 Å². The summed E-state index contributed by atoms with van der Waals surface area (Å²) in [6.07, 6.45) is 0. The molecule has 0 unspecified atom stereocenters. The smallest absolute Gasteiger partial charge is 0.136 e. The highest BCUT2D eigenvalue weighted by Crippen LogP contribution is 2.46. The lowest BCUT2D eigenvalue weighted by molar-refractivity contribution is 0.411. The normalized spacial score (nSPS) is 10.8. The molecule has 1 aromatic heterocycles. The predicted octanol–water partition coefficient (Wildman–Crippen LogP) is 4.48. The van der Waals surface area contributed by atoms with Crippen molar-refractivity contribution in [2.45, 2.75) is 6.92 Å². The van der Waals surface area contributed by atoms with Crippen LogP contribution >= 0.6 is 11.3 Å². The maximum Gasteiger partial charge on any atom is 0.136 e. The van der Waals surface area contributed by atoms with Gasteiger partial charge in [0, 0.05) is 16.0 Å². The predicted molar refractivity (Wildman–Crippen MR) is 89.5 cm³/mol. The van der Waals surface area contributed by atoms with Gasteiger partial charge in [0.1, 0.15) is 11.5 Å². The Bertz CT molecular complexity index is 791. The van der Waals surface area contributed by atoms with Crippen LogP contribution < -0.4 is 15.2 Å². The molecule has 3 rings (SSSR count). The highest BCUT2D eigenvalue weighted by molar-refractivity contribution is 7.23. The average molecular weight is 299 g/mol. The van der Waals surface area contributed by atoms with Crippen molar-refractivity contribution in [1.29, 1.82) is 0 Å². The number of fused-ring (bicyclic) bond motifs is 1. The van der Waals surface area contributed by atoms with Crippen molar-refractivity contribution in [2.75, 3.05) is 20.0 Å². The van der Waals surface area contributed by atoms with E-state index in [9.17, 15) is 0 Å². The van der Waals surface area contributed by atoms with E-state index < -0.39 is 0 Å². The first-order chi connectivity index (χ1) is 10.2. The number of rotatable bonds is 3. The van der Waals surface area contributed by atoms with E-state index in [4.69, 9.17) is 15.2 Å².